The highest BCUT2D eigenvalue weighted by Crippen LogP contribution is 2.49. The van der Waals surface area contributed by atoms with Crippen LogP contribution in [0.25, 0.3) is 265 Å². The van der Waals surface area contributed by atoms with Gasteiger partial charge in [-0.2, -0.15) is 0 Å². The van der Waals surface area contributed by atoms with E-state index in [1.54, 1.807) is 0 Å². The molecule has 0 saturated carbocycles. The highest BCUT2D eigenvalue weighted by atomic mass is 15.0. The Morgan fingerprint density at radius 3 is 1.12 bits per heavy atom. The van der Waals surface area contributed by atoms with E-state index in [-0.39, 0.29) is 0 Å². The summed E-state index contributed by atoms with van der Waals surface area (Å²) in [5.41, 5.74) is 34.4. The first-order valence-corrected chi connectivity index (χ1v) is 46.3. The van der Waals surface area contributed by atoms with E-state index in [0.717, 1.165) is 169 Å². The minimum absolute atomic E-state index is 0.909. The quantitative estimate of drug-likeness (QED) is 0.136. The van der Waals surface area contributed by atoms with Gasteiger partial charge in [0.2, 0.25) is 0 Å². The lowest BCUT2D eigenvalue weighted by molar-refractivity contribution is 1.16. The molecule has 12 heteroatoms. The maximum Gasteiger partial charge on any atom is 0.0965 e. The van der Waals surface area contributed by atoms with E-state index in [0.29, 0.717) is 0 Å². The van der Waals surface area contributed by atoms with Gasteiger partial charge in [-0.05, 0) is 217 Å². The first-order valence-electron chi connectivity index (χ1n) is 46.3. The Morgan fingerprint density at radius 1 is 0.206 bits per heavy atom. The molecule has 0 amide bonds. The molecule has 15 aromatic carbocycles. The van der Waals surface area contributed by atoms with Gasteiger partial charge in [-0.25, -0.2) is 0 Å². The molecular weight excluding hydrogens is 1660 g/mol. The number of aromatic nitrogens is 12. The molecule has 0 spiro atoms. The molecule has 632 valence electrons. The van der Waals surface area contributed by atoms with Crippen LogP contribution >= 0.6 is 0 Å². The molecular formula is C124H76N12. The van der Waals surface area contributed by atoms with Crippen molar-refractivity contribution in [3.8, 4) is 73.1 Å². The predicted molar refractivity (Wildman–Crippen MR) is 563 cm³/mol. The molecule has 0 saturated heterocycles. The smallest absolute Gasteiger partial charge is 0.0965 e. The number of benzene rings is 15. The van der Waals surface area contributed by atoms with Crippen LogP contribution in [0.4, 0.5) is 0 Å². The van der Waals surface area contributed by atoms with Gasteiger partial charge in [0, 0.05) is 158 Å². The Labute approximate surface area is 778 Å². The second-order valence-electron chi connectivity index (χ2n) is 35.7. The van der Waals surface area contributed by atoms with E-state index < -0.39 is 0 Å². The molecule has 136 heavy (non-hydrogen) atoms. The van der Waals surface area contributed by atoms with Crippen molar-refractivity contribution in [3.63, 3.8) is 0 Å². The molecule has 12 heterocycles. The summed E-state index contributed by atoms with van der Waals surface area (Å²) < 4.78 is 7.29. The third-order valence-electron chi connectivity index (χ3n) is 28.2. The lowest BCUT2D eigenvalue weighted by Gasteiger charge is -2.17. The van der Waals surface area contributed by atoms with Crippen LogP contribution in [0.15, 0.2) is 408 Å². The van der Waals surface area contributed by atoms with E-state index in [1.165, 1.54) is 131 Å². The standard InChI is InChI=1S/2C42H26N4.C40H24N4/c1-2-15-36-32(12-1)40-33-13-6-9-26-8-5-10-29(39(26)33)24-38(40)46(36)37-19-18-28(23-34(37)35-14-3-4-20-43-35)31-22-30-17-16-27-11-7-21-44-41(27)42(30)45-25-31;1-2-15-37-33(12-1)40-34-13-6-9-26-8-5-10-28(39(26)34)23-38(40)46(37)31-18-19-32(35(24-31)36-14-3-4-20-43-36)30-22-29-17-16-27-11-7-21-44-41(27)42(29)45-25-30;1-2-13-30-29(12-1)35(23-43-38(30)28-20-27-18-17-25-11-7-19-41-39(25)40(27)42-22-28)44-33-16-4-3-14-31(33)37-32-15-6-9-24-8-5-10-26(36(24)32)21-34(37)44/h2*1-12,14-25H,13H2;1-14,16-23H,15H2. The summed E-state index contributed by atoms with van der Waals surface area (Å²) in [5, 5.41) is 24.5. The number of pyridine rings is 9. The maximum atomic E-state index is 5.16. The summed E-state index contributed by atoms with van der Waals surface area (Å²) in [5.74, 6) is 0. The second kappa shape index (κ2) is 30.8. The lowest BCUT2D eigenvalue weighted by atomic mass is 9.90. The third kappa shape index (κ3) is 12.1. The van der Waals surface area contributed by atoms with Gasteiger partial charge >= 0.3 is 0 Å². The predicted octanol–water partition coefficient (Wildman–Crippen LogP) is 30.5. The van der Waals surface area contributed by atoms with Crippen LogP contribution in [0, 0.1) is 0 Å². The van der Waals surface area contributed by atoms with Gasteiger partial charge in [0.15, 0.2) is 0 Å². The molecule has 0 bridgehead atoms. The number of para-hydroxylation sites is 3. The first-order chi connectivity index (χ1) is 67.5. The van der Waals surface area contributed by atoms with Gasteiger partial charge < -0.3 is 13.7 Å². The molecule has 0 N–H and O–H groups in total. The molecule has 0 radical (unpaired) electrons. The molecule has 0 unspecified atom stereocenters. The van der Waals surface area contributed by atoms with Crippen LogP contribution in [0.2, 0.25) is 0 Å². The van der Waals surface area contributed by atoms with Gasteiger partial charge in [-0.3, -0.25) is 44.9 Å². The molecule has 27 aromatic rings. The molecule has 0 atom stereocenters. The van der Waals surface area contributed by atoms with Crippen LogP contribution < -0.4 is 0 Å². The summed E-state index contributed by atoms with van der Waals surface area (Å²) in [6, 6.07) is 119. The maximum absolute atomic E-state index is 5.16. The fourth-order valence-electron chi connectivity index (χ4n) is 22.4. The zero-order valence-corrected chi connectivity index (χ0v) is 73.4. The van der Waals surface area contributed by atoms with E-state index in [9.17, 15) is 0 Å². The number of rotatable bonds is 8. The van der Waals surface area contributed by atoms with Crippen molar-refractivity contribution >= 4 is 192 Å². The largest absolute Gasteiger partial charge is 0.309 e. The van der Waals surface area contributed by atoms with E-state index in [1.807, 2.05) is 86.1 Å². The summed E-state index contributed by atoms with van der Waals surface area (Å²) in [6.07, 6.45) is 33.6. The Balaban J connectivity index is 0.000000101. The summed E-state index contributed by atoms with van der Waals surface area (Å²) >= 11 is 0. The van der Waals surface area contributed by atoms with E-state index in [2.05, 4.69) is 368 Å². The molecule has 30 rings (SSSR count). The lowest BCUT2D eigenvalue weighted by Crippen LogP contribution is -2.00. The number of hydrogen-bond acceptors (Lipinski definition) is 9. The molecule has 0 fully saturated rings. The summed E-state index contributed by atoms with van der Waals surface area (Å²) in [7, 11) is 0. The number of allylic oxidation sites excluding steroid dienone is 3. The van der Waals surface area contributed by atoms with Gasteiger partial charge in [-0.15, -0.1) is 0 Å². The van der Waals surface area contributed by atoms with E-state index in [4.69, 9.17) is 29.9 Å². The molecule has 12 aromatic heterocycles. The first kappa shape index (κ1) is 76.7. The Morgan fingerprint density at radius 2 is 0.610 bits per heavy atom. The van der Waals surface area contributed by atoms with Crippen LogP contribution in [0.5, 0.6) is 0 Å². The Hall–Kier alpha value is -18.1. The van der Waals surface area contributed by atoms with Crippen LogP contribution in [0.3, 0.4) is 0 Å². The van der Waals surface area contributed by atoms with Crippen molar-refractivity contribution in [1.82, 2.24) is 58.6 Å². The van der Waals surface area contributed by atoms with Gasteiger partial charge in [0.25, 0.3) is 0 Å². The van der Waals surface area contributed by atoms with Crippen LogP contribution in [-0.4, -0.2) is 58.6 Å². The van der Waals surface area contributed by atoms with Gasteiger partial charge in [-0.1, -0.05) is 249 Å². The minimum atomic E-state index is 0.909. The highest BCUT2D eigenvalue weighted by molar-refractivity contribution is 6.22. The molecule has 12 nitrogen and oxygen atoms in total. The number of hydrogen-bond donors (Lipinski definition) is 0. The summed E-state index contributed by atoms with van der Waals surface area (Å²) in [4.78, 5) is 43.4. The van der Waals surface area contributed by atoms with Crippen molar-refractivity contribution < 1.29 is 0 Å². The second-order valence-corrected chi connectivity index (χ2v) is 35.7. The monoisotopic (exact) mass is 1730 g/mol. The van der Waals surface area contributed by atoms with Crippen LogP contribution in [0.1, 0.15) is 33.4 Å². The average Bonchev–Trinajstić information content (AvgIpc) is 1.56. The van der Waals surface area contributed by atoms with Crippen molar-refractivity contribution in [2.45, 2.75) is 19.3 Å². The minimum Gasteiger partial charge on any atom is -0.309 e. The van der Waals surface area contributed by atoms with Crippen molar-refractivity contribution in [2.75, 3.05) is 0 Å². The molecule has 3 aliphatic rings. The normalized spacial score (nSPS) is 12.7. The summed E-state index contributed by atoms with van der Waals surface area (Å²) in [6.45, 7) is 0. The van der Waals surface area contributed by atoms with Crippen molar-refractivity contribution in [1.29, 1.82) is 0 Å². The fourth-order valence-corrected chi connectivity index (χ4v) is 22.4. The topological polar surface area (TPSA) is 131 Å². The Kier molecular flexibility index (Phi) is 17.3. The molecule has 3 aliphatic carbocycles. The SMILES string of the molecule is C1=Cc2cccc3cc4c(c(c23)C1)c1ccccc1n4-c1ccc(-c2cnc3c(ccc4cccnc43)c2)c(-c2ccccn2)c1.C1=Cc2cccc3cc4c(c(c23)C1)c1ccccc1n4-c1ccc(-c2cnc3c(ccc4cccnc43)c2)cc1-c1ccccn1.C1=Cc2cccc3cc4c(c(c23)C1)c1ccccc1n4-c1cnc(-c2cnc3c(ccc4cccnc43)c2)c2ccccc12. The van der Waals surface area contributed by atoms with Crippen molar-refractivity contribution in [2.24, 2.45) is 0 Å². The molecule has 0 aliphatic heterocycles. The van der Waals surface area contributed by atoms with Gasteiger partial charge in [0.05, 0.1) is 101 Å². The number of nitrogens with zero attached hydrogens (tertiary/aromatic N) is 12. The number of fused-ring (bicyclic) bond motifs is 22. The third-order valence-corrected chi connectivity index (χ3v) is 28.2. The van der Waals surface area contributed by atoms with E-state index >= 15 is 0 Å². The highest BCUT2D eigenvalue weighted by Gasteiger charge is 2.28. The zero-order valence-electron chi connectivity index (χ0n) is 73.4. The van der Waals surface area contributed by atoms with Crippen LogP contribution in [-0.2, 0) is 19.3 Å². The zero-order chi connectivity index (χ0) is 89.2. The average molecular weight is 1730 g/mol. The van der Waals surface area contributed by atoms with Gasteiger partial charge in [0.1, 0.15) is 0 Å². The van der Waals surface area contributed by atoms with Crippen molar-refractivity contribution in [3.05, 3.63) is 441 Å². The Bertz CT molecular complexity index is 9930. The fraction of sp³-hybridized carbons (Fsp3) is 0.0242.